The molecule has 6 heteroatoms. The molecule has 0 radical (unpaired) electrons. The van der Waals surface area contributed by atoms with Crippen LogP contribution in [0.1, 0.15) is 65.4 Å². The van der Waals surface area contributed by atoms with Crippen LogP contribution in [0, 0.1) is 5.92 Å². The average molecular weight is 452 g/mol. The predicted octanol–water partition coefficient (Wildman–Crippen LogP) is 4.26. The lowest BCUT2D eigenvalue weighted by molar-refractivity contribution is -0.130. The number of piperazine rings is 1. The monoisotopic (exact) mass is 451 g/mol. The first-order chi connectivity index (χ1) is 15.7. The van der Waals surface area contributed by atoms with Crippen LogP contribution >= 0.6 is 11.3 Å². The Hall–Kier alpha value is -2.18. The Morgan fingerprint density at radius 3 is 2.47 bits per heavy atom. The highest BCUT2D eigenvalue weighted by Gasteiger charge is 2.38. The lowest BCUT2D eigenvalue weighted by Crippen LogP contribution is -2.58. The van der Waals surface area contributed by atoms with Crippen LogP contribution in [-0.2, 0) is 11.2 Å². The molecule has 1 aromatic carbocycles. The quantitative estimate of drug-likeness (QED) is 0.739. The molecule has 5 rings (SSSR count). The minimum Gasteiger partial charge on any atom is -0.348 e. The number of nitrogens with one attached hydrogen (secondary N) is 1. The number of rotatable bonds is 5. The molecule has 1 aromatic heterocycles. The topological polar surface area (TPSA) is 52.7 Å². The Bertz CT molecular complexity index is 930. The summed E-state index contributed by atoms with van der Waals surface area (Å²) in [5, 5.41) is 5.40. The molecule has 170 valence electrons. The van der Waals surface area contributed by atoms with Gasteiger partial charge in [0.2, 0.25) is 5.91 Å². The third-order valence-corrected chi connectivity index (χ3v) is 8.39. The second-order valence-electron chi connectivity index (χ2n) is 9.45. The van der Waals surface area contributed by atoms with Gasteiger partial charge in [0.05, 0.1) is 17.0 Å². The molecule has 2 aromatic rings. The van der Waals surface area contributed by atoms with Crippen LogP contribution in [0.5, 0.6) is 0 Å². The zero-order valence-electron chi connectivity index (χ0n) is 18.7. The van der Waals surface area contributed by atoms with E-state index >= 15 is 0 Å². The summed E-state index contributed by atoms with van der Waals surface area (Å²) >= 11 is 1.50. The van der Waals surface area contributed by atoms with Gasteiger partial charge in [-0.15, -0.1) is 11.3 Å². The number of hydrogen-bond acceptors (Lipinski definition) is 4. The molecule has 2 fully saturated rings. The highest BCUT2D eigenvalue weighted by Crippen LogP contribution is 2.33. The van der Waals surface area contributed by atoms with Crippen LogP contribution in [0.2, 0.25) is 0 Å². The van der Waals surface area contributed by atoms with E-state index < -0.39 is 0 Å². The van der Waals surface area contributed by atoms with E-state index in [0.717, 1.165) is 50.1 Å². The number of fused-ring (bicyclic) bond motifs is 1. The van der Waals surface area contributed by atoms with E-state index in [4.69, 9.17) is 0 Å². The van der Waals surface area contributed by atoms with E-state index in [9.17, 15) is 9.59 Å². The van der Waals surface area contributed by atoms with Crippen molar-refractivity contribution in [2.75, 3.05) is 26.2 Å². The predicted molar refractivity (Wildman–Crippen MR) is 128 cm³/mol. The van der Waals surface area contributed by atoms with Crippen LogP contribution in [-0.4, -0.2) is 53.8 Å². The van der Waals surface area contributed by atoms with Gasteiger partial charge in [0, 0.05) is 26.2 Å². The van der Waals surface area contributed by atoms with Gasteiger partial charge in [-0.05, 0) is 60.6 Å². The van der Waals surface area contributed by atoms with E-state index in [1.54, 1.807) is 0 Å². The normalized spacial score (nSPS) is 23.0. The first-order valence-corrected chi connectivity index (χ1v) is 13.0. The molecule has 2 atom stereocenters. The van der Waals surface area contributed by atoms with E-state index in [1.807, 2.05) is 22.4 Å². The molecule has 1 aliphatic heterocycles. The smallest absolute Gasteiger partial charge is 0.264 e. The highest BCUT2D eigenvalue weighted by atomic mass is 32.1. The molecule has 32 heavy (non-hydrogen) atoms. The minimum atomic E-state index is -0.0782. The second-order valence-corrected chi connectivity index (χ2v) is 10.4. The molecule has 2 amide bonds. The van der Waals surface area contributed by atoms with Gasteiger partial charge in [-0.25, -0.2) is 0 Å². The van der Waals surface area contributed by atoms with Crippen LogP contribution in [0.15, 0.2) is 41.8 Å². The van der Waals surface area contributed by atoms with Gasteiger partial charge in [0.1, 0.15) is 0 Å². The van der Waals surface area contributed by atoms with E-state index in [2.05, 4.69) is 34.5 Å². The van der Waals surface area contributed by atoms with Gasteiger partial charge in [0.15, 0.2) is 0 Å². The lowest BCUT2D eigenvalue weighted by Gasteiger charge is -2.41. The molecule has 5 nitrogen and oxygen atoms in total. The number of nitrogens with zero attached hydrogens (tertiary/aromatic N) is 2. The van der Waals surface area contributed by atoms with Crippen molar-refractivity contribution in [1.82, 2.24) is 15.1 Å². The largest absolute Gasteiger partial charge is 0.348 e. The lowest BCUT2D eigenvalue weighted by atomic mass is 9.87. The van der Waals surface area contributed by atoms with Crippen LogP contribution < -0.4 is 5.32 Å². The maximum absolute atomic E-state index is 13.7. The molecule has 0 spiro atoms. The van der Waals surface area contributed by atoms with Gasteiger partial charge in [-0.3, -0.25) is 14.5 Å². The van der Waals surface area contributed by atoms with Gasteiger partial charge < -0.3 is 10.2 Å². The fraction of sp³-hybridized carbons (Fsp3) is 0.538. The van der Waals surface area contributed by atoms with E-state index in [1.165, 1.54) is 35.3 Å². The molecular weight excluding hydrogens is 418 g/mol. The Morgan fingerprint density at radius 1 is 0.938 bits per heavy atom. The third kappa shape index (κ3) is 4.48. The fourth-order valence-electron chi connectivity index (χ4n) is 5.87. The van der Waals surface area contributed by atoms with Gasteiger partial charge >= 0.3 is 0 Å². The first kappa shape index (κ1) is 21.7. The van der Waals surface area contributed by atoms with Gasteiger partial charge in [0.25, 0.3) is 5.91 Å². The molecular formula is C26H33N3O2S. The van der Waals surface area contributed by atoms with Gasteiger partial charge in [-0.2, -0.15) is 0 Å². The number of aryl methyl sites for hydroxylation is 1. The van der Waals surface area contributed by atoms with Crippen LogP contribution in [0.4, 0.5) is 0 Å². The van der Waals surface area contributed by atoms with Crippen molar-refractivity contribution in [2.45, 2.75) is 57.0 Å². The average Bonchev–Trinajstić information content (AvgIpc) is 3.55. The molecule has 1 saturated heterocycles. The summed E-state index contributed by atoms with van der Waals surface area (Å²) < 4.78 is 0. The maximum atomic E-state index is 13.7. The standard InChI is InChI=1S/C26H33N3O2S/c30-25(27-22-12-5-10-19-7-3-4-11-21(19)22)24(20-8-1-2-9-20)28-14-16-29(17-15-28)26(31)23-13-6-18-32-23/h3-4,6-7,11,13,18,20,22,24H,1-2,5,8-10,12,14-17H2,(H,27,30)/t22-,24+/m1/s1. The zero-order chi connectivity index (χ0) is 21.9. The SMILES string of the molecule is O=C(N[C@@H]1CCCc2ccccc21)[C@H](C1CCCC1)N1CCN(C(=O)c2cccs2)CC1. The van der Waals surface area contributed by atoms with Crippen LogP contribution in [0.25, 0.3) is 0 Å². The van der Waals surface area contributed by atoms with Gasteiger partial charge in [-0.1, -0.05) is 43.2 Å². The zero-order valence-corrected chi connectivity index (χ0v) is 19.5. The first-order valence-electron chi connectivity index (χ1n) is 12.2. The van der Waals surface area contributed by atoms with Crippen molar-refractivity contribution in [2.24, 2.45) is 5.92 Å². The van der Waals surface area contributed by atoms with Crippen molar-refractivity contribution in [3.63, 3.8) is 0 Å². The number of carbonyl (C=O) groups is 2. The summed E-state index contributed by atoms with van der Waals surface area (Å²) in [5.74, 6) is 0.741. The fourth-order valence-corrected chi connectivity index (χ4v) is 6.56. The minimum absolute atomic E-state index is 0.0782. The Balaban J connectivity index is 1.27. The third-order valence-electron chi connectivity index (χ3n) is 7.53. The molecule has 0 bridgehead atoms. The van der Waals surface area contributed by atoms with Crippen molar-refractivity contribution < 1.29 is 9.59 Å². The number of carbonyl (C=O) groups excluding carboxylic acids is 2. The molecule has 3 aliphatic rings. The molecule has 1 N–H and O–H groups in total. The van der Waals surface area contributed by atoms with E-state index in [-0.39, 0.29) is 23.9 Å². The highest BCUT2D eigenvalue weighted by molar-refractivity contribution is 7.12. The second kappa shape index (κ2) is 9.75. The summed E-state index contributed by atoms with van der Waals surface area (Å²) in [6, 6.07) is 12.4. The van der Waals surface area contributed by atoms with Crippen molar-refractivity contribution in [1.29, 1.82) is 0 Å². The number of thiophene rings is 1. The number of amides is 2. The van der Waals surface area contributed by atoms with Crippen LogP contribution in [0.3, 0.4) is 0 Å². The Labute approximate surface area is 194 Å². The number of hydrogen-bond donors (Lipinski definition) is 1. The summed E-state index contributed by atoms with van der Waals surface area (Å²) in [4.78, 5) is 31.5. The van der Waals surface area contributed by atoms with Crippen molar-refractivity contribution in [3.05, 3.63) is 57.8 Å². The molecule has 1 saturated carbocycles. The molecule has 2 heterocycles. The Morgan fingerprint density at radius 2 is 1.72 bits per heavy atom. The summed E-state index contributed by atoms with van der Waals surface area (Å²) in [6.07, 6.45) is 7.95. The summed E-state index contributed by atoms with van der Waals surface area (Å²) in [6.45, 7) is 2.93. The molecule has 2 aliphatic carbocycles. The maximum Gasteiger partial charge on any atom is 0.264 e. The summed E-state index contributed by atoms with van der Waals surface area (Å²) in [5.41, 5.74) is 2.67. The summed E-state index contributed by atoms with van der Waals surface area (Å²) in [7, 11) is 0. The van der Waals surface area contributed by atoms with E-state index in [0.29, 0.717) is 19.0 Å². The Kier molecular flexibility index (Phi) is 6.60. The molecule has 0 unspecified atom stereocenters. The number of benzene rings is 1. The van der Waals surface area contributed by atoms with Crippen molar-refractivity contribution >= 4 is 23.2 Å². The van der Waals surface area contributed by atoms with Crippen molar-refractivity contribution in [3.8, 4) is 0 Å².